The molecule has 4 rings (SSSR count). The van der Waals surface area contributed by atoms with Crippen LogP contribution < -0.4 is 9.80 Å². The number of hydrogen-bond acceptors (Lipinski definition) is 4. The summed E-state index contributed by atoms with van der Waals surface area (Å²) in [6, 6.07) is 9.54. The third-order valence-electron chi connectivity index (χ3n) is 5.19. The maximum absolute atomic E-state index is 13.2. The van der Waals surface area contributed by atoms with Crippen LogP contribution in [0.15, 0.2) is 43.0 Å². The Kier molecular flexibility index (Phi) is 5.07. The molecule has 1 unspecified atom stereocenters. The summed E-state index contributed by atoms with van der Waals surface area (Å²) >= 11 is 1.62. The van der Waals surface area contributed by atoms with Crippen LogP contribution in [0.5, 0.6) is 0 Å². The molecule has 2 aromatic rings. The van der Waals surface area contributed by atoms with E-state index in [0.717, 1.165) is 35.8 Å². The number of nitrogens with zero attached hydrogens (tertiary/aromatic N) is 3. The zero-order valence-electron chi connectivity index (χ0n) is 15.3. The first-order chi connectivity index (χ1) is 13.2. The van der Waals surface area contributed by atoms with Gasteiger partial charge in [-0.3, -0.25) is 14.5 Å². The molecule has 6 heteroatoms. The maximum Gasteiger partial charge on any atom is 0.234 e. The number of hydrogen-bond donors (Lipinski definition) is 0. The number of rotatable bonds is 5. The normalized spacial score (nSPS) is 19.0. The van der Waals surface area contributed by atoms with Crippen molar-refractivity contribution in [1.29, 1.82) is 0 Å². The molecule has 5 nitrogen and oxygen atoms in total. The highest BCUT2D eigenvalue weighted by Crippen LogP contribution is 2.34. The van der Waals surface area contributed by atoms with E-state index in [4.69, 9.17) is 4.98 Å². The van der Waals surface area contributed by atoms with Crippen LogP contribution >= 0.6 is 11.3 Å². The lowest BCUT2D eigenvalue weighted by Gasteiger charge is -2.22. The van der Waals surface area contributed by atoms with Gasteiger partial charge in [0, 0.05) is 30.1 Å². The van der Waals surface area contributed by atoms with Gasteiger partial charge < -0.3 is 4.90 Å². The van der Waals surface area contributed by atoms with Crippen molar-refractivity contribution in [1.82, 2.24) is 4.98 Å². The zero-order chi connectivity index (χ0) is 18.8. The van der Waals surface area contributed by atoms with Crippen molar-refractivity contribution < 1.29 is 9.59 Å². The Morgan fingerprint density at radius 2 is 2.07 bits per heavy atom. The molecule has 2 amide bonds. The van der Waals surface area contributed by atoms with E-state index in [1.54, 1.807) is 27.2 Å². The fraction of sp³-hybridized carbons (Fsp3) is 0.381. The predicted molar refractivity (Wildman–Crippen MR) is 108 cm³/mol. The quantitative estimate of drug-likeness (QED) is 0.744. The van der Waals surface area contributed by atoms with Gasteiger partial charge in [0.2, 0.25) is 11.8 Å². The van der Waals surface area contributed by atoms with E-state index >= 15 is 0 Å². The highest BCUT2D eigenvalue weighted by Gasteiger charge is 2.38. The molecule has 0 bridgehead atoms. The molecule has 27 heavy (non-hydrogen) atoms. The van der Waals surface area contributed by atoms with Gasteiger partial charge in [-0.1, -0.05) is 24.3 Å². The van der Waals surface area contributed by atoms with Crippen molar-refractivity contribution in [3.05, 3.63) is 53.6 Å². The van der Waals surface area contributed by atoms with Gasteiger partial charge >= 0.3 is 0 Å². The second-order valence-electron chi connectivity index (χ2n) is 7.05. The minimum Gasteiger partial charge on any atom is -0.312 e. The Bertz CT molecular complexity index is 838. The Hall–Kier alpha value is -2.47. The van der Waals surface area contributed by atoms with E-state index in [2.05, 4.69) is 6.58 Å². The van der Waals surface area contributed by atoms with Gasteiger partial charge in [-0.2, -0.15) is 0 Å². The number of thiazole rings is 1. The lowest BCUT2D eigenvalue weighted by molar-refractivity contribution is -0.124. The molecule has 1 aliphatic heterocycles. The van der Waals surface area contributed by atoms with Crippen LogP contribution in [-0.2, 0) is 22.4 Å². The molecular formula is C21H23N3O2S. The summed E-state index contributed by atoms with van der Waals surface area (Å²) in [4.78, 5) is 35.2. The Labute approximate surface area is 163 Å². The van der Waals surface area contributed by atoms with Crippen LogP contribution in [0.2, 0.25) is 0 Å². The van der Waals surface area contributed by atoms with E-state index in [9.17, 15) is 9.59 Å². The number of aryl methyl sites for hydroxylation is 2. The number of amides is 2. The summed E-state index contributed by atoms with van der Waals surface area (Å²) in [5.74, 6) is -0.386. The average molecular weight is 382 g/mol. The van der Waals surface area contributed by atoms with Gasteiger partial charge in [0.15, 0.2) is 5.13 Å². The van der Waals surface area contributed by atoms with Crippen molar-refractivity contribution in [3.63, 3.8) is 0 Å². The smallest absolute Gasteiger partial charge is 0.234 e. The SMILES string of the molecule is C=CCN(C(=O)C1CC(=O)N(c2ccccc2)C1)c1nc2c(s1)CCCC2. The number of aromatic nitrogens is 1. The molecule has 2 aliphatic rings. The Morgan fingerprint density at radius 3 is 2.81 bits per heavy atom. The van der Waals surface area contributed by atoms with Crippen molar-refractivity contribution in [3.8, 4) is 0 Å². The predicted octanol–water partition coefficient (Wildman–Crippen LogP) is 3.59. The van der Waals surface area contributed by atoms with Gasteiger partial charge in [0.25, 0.3) is 0 Å². The molecule has 0 spiro atoms. The van der Waals surface area contributed by atoms with Gasteiger partial charge in [-0.15, -0.1) is 17.9 Å². The fourth-order valence-corrected chi connectivity index (χ4v) is 4.96. The molecule has 1 aromatic carbocycles. The van der Waals surface area contributed by atoms with E-state index < -0.39 is 0 Å². The van der Waals surface area contributed by atoms with Gasteiger partial charge in [-0.05, 0) is 37.8 Å². The fourth-order valence-electron chi connectivity index (χ4n) is 3.80. The van der Waals surface area contributed by atoms with Gasteiger partial charge in [-0.25, -0.2) is 4.98 Å². The van der Waals surface area contributed by atoms with Crippen LogP contribution in [0.4, 0.5) is 10.8 Å². The van der Waals surface area contributed by atoms with Gasteiger partial charge in [0.1, 0.15) is 0 Å². The molecule has 1 saturated heterocycles. The van der Waals surface area contributed by atoms with E-state index in [0.29, 0.717) is 13.1 Å². The van der Waals surface area contributed by atoms with Gasteiger partial charge in [0.05, 0.1) is 11.6 Å². The number of benzene rings is 1. The van der Waals surface area contributed by atoms with Crippen molar-refractivity contribution in [2.45, 2.75) is 32.1 Å². The Balaban J connectivity index is 1.55. The molecule has 0 saturated carbocycles. The summed E-state index contributed by atoms with van der Waals surface area (Å²) < 4.78 is 0. The van der Waals surface area contributed by atoms with Crippen LogP contribution in [0.1, 0.15) is 29.8 Å². The monoisotopic (exact) mass is 381 g/mol. The van der Waals surface area contributed by atoms with E-state index in [-0.39, 0.29) is 24.2 Å². The van der Waals surface area contributed by atoms with Crippen molar-refractivity contribution in [2.24, 2.45) is 5.92 Å². The third-order valence-corrected chi connectivity index (χ3v) is 6.37. The molecule has 1 fully saturated rings. The zero-order valence-corrected chi connectivity index (χ0v) is 16.1. The van der Waals surface area contributed by atoms with Crippen molar-refractivity contribution >= 4 is 34.0 Å². The molecule has 1 atom stereocenters. The number of carbonyl (C=O) groups is 2. The highest BCUT2D eigenvalue weighted by atomic mass is 32.1. The minimum absolute atomic E-state index is 0.00321. The number of fused-ring (bicyclic) bond motifs is 1. The molecule has 1 aromatic heterocycles. The average Bonchev–Trinajstić information content (AvgIpc) is 3.29. The Morgan fingerprint density at radius 1 is 1.30 bits per heavy atom. The molecule has 0 N–H and O–H groups in total. The van der Waals surface area contributed by atoms with Crippen LogP contribution in [-0.4, -0.2) is 29.9 Å². The summed E-state index contributed by atoms with van der Waals surface area (Å²) in [6.07, 6.45) is 6.36. The molecule has 1 aliphatic carbocycles. The number of para-hydroxylation sites is 1. The second-order valence-corrected chi connectivity index (χ2v) is 8.11. The first-order valence-electron chi connectivity index (χ1n) is 9.43. The number of anilines is 2. The molecule has 0 radical (unpaired) electrons. The largest absolute Gasteiger partial charge is 0.312 e. The maximum atomic E-state index is 13.2. The standard InChI is InChI=1S/C21H23N3O2S/c1-2-12-23(21-22-17-10-6-7-11-18(17)27-21)20(26)15-13-19(25)24(14-15)16-8-4-3-5-9-16/h2-5,8-9,15H,1,6-7,10-14H2. The minimum atomic E-state index is -0.349. The lowest BCUT2D eigenvalue weighted by Crippen LogP contribution is -2.37. The first-order valence-corrected chi connectivity index (χ1v) is 10.3. The van der Waals surface area contributed by atoms with Crippen molar-refractivity contribution in [2.75, 3.05) is 22.9 Å². The van der Waals surface area contributed by atoms with E-state index in [1.165, 1.54) is 11.3 Å². The third kappa shape index (κ3) is 3.54. The lowest BCUT2D eigenvalue weighted by atomic mass is 10.0. The topological polar surface area (TPSA) is 53.5 Å². The van der Waals surface area contributed by atoms with Crippen LogP contribution in [0, 0.1) is 5.92 Å². The first kappa shape index (κ1) is 17.9. The second kappa shape index (κ2) is 7.64. The summed E-state index contributed by atoms with van der Waals surface area (Å²) in [5.41, 5.74) is 1.98. The molecule has 140 valence electrons. The van der Waals surface area contributed by atoms with E-state index in [1.807, 2.05) is 30.3 Å². The number of carbonyl (C=O) groups excluding carboxylic acids is 2. The summed E-state index contributed by atoms with van der Waals surface area (Å²) in [5, 5.41) is 0.748. The summed E-state index contributed by atoms with van der Waals surface area (Å²) in [7, 11) is 0. The van der Waals surface area contributed by atoms with Crippen LogP contribution in [0.3, 0.4) is 0 Å². The molecule has 2 heterocycles. The summed E-state index contributed by atoms with van der Waals surface area (Å²) in [6.45, 7) is 4.63. The molecular weight excluding hydrogens is 358 g/mol. The highest BCUT2D eigenvalue weighted by molar-refractivity contribution is 7.16. The van der Waals surface area contributed by atoms with Crippen LogP contribution in [0.25, 0.3) is 0 Å².